The molecule has 0 aliphatic heterocycles. The van der Waals surface area contributed by atoms with Crippen LogP contribution in [0.2, 0.25) is 0 Å². The molecule has 0 bridgehead atoms. The van der Waals surface area contributed by atoms with Gasteiger partial charge in [-0.05, 0) is 59.7 Å². The molecule has 0 aliphatic rings. The number of aryl methyl sites for hydroxylation is 1. The Bertz CT molecular complexity index is 497. The molecule has 0 saturated heterocycles. The van der Waals surface area contributed by atoms with Gasteiger partial charge in [0.25, 0.3) is 0 Å². The lowest BCUT2D eigenvalue weighted by molar-refractivity contribution is 0.404. The van der Waals surface area contributed by atoms with Gasteiger partial charge in [0.05, 0.1) is 11.6 Å². The van der Waals surface area contributed by atoms with E-state index in [4.69, 9.17) is 4.74 Å². The van der Waals surface area contributed by atoms with Gasteiger partial charge in [0, 0.05) is 6.07 Å². The van der Waals surface area contributed by atoms with E-state index in [1.165, 1.54) is 64.2 Å². The lowest BCUT2D eigenvalue weighted by Crippen LogP contribution is -1.92. The largest absolute Gasteiger partial charge is 0.508 e. The number of hydrogen-bond acceptors (Lipinski definition) is 2. The van der Waals surface area contributed by atoms with E-state index in [2.05, 4.69) is 35.0 Å². The first-order chi connectivity index (χ1) is 12.2. The lowest BCUT2D eigenvalue weighted by atomic mass is 10.0. The number of halogens is 1. The second-order valence-corrected chi connectivity index (χ2v) is 7.54. The first kappa shape index (κ1) is 22.1. The van der Waals surface area contributed by atoms with E-state index in [9.17, 15) is 5.11 Å². The standard InChI is InChI=1S/C22H35BrO2/c1-3-4-5-6-7-8-9-10-11-12-13-14-15-16-19-17-20(24)18-21(25-2)22(19)23/h6-7,17-18,24H,3-5,8-16H2,1-2H3/b7-6-. The van der Waals surface area contributed by atoms with E-state index in [1.54, 1.807) is 13.2 Å². The Morgan fingerprint density at radius 3 is 2.16 bits per heavy atom. The van der Waals surface area contributed by atoms with Crippen LogP contribution in [-0.2, 0) is 6.42 Å². The Balaban J connectivity index is 2.04. The van der Waals surface area contributed by atoms with Gasteiger partial charge in [-0.3, -0.25) is 0 Å². The molecule has 3 heteroatoms. The van der Waals surface area contributed by atoms with Crippen LogP contribution >= 0.6 is 15.9 Å². The van der Waals surface area contributed by atoms with Crippen LogP contribution in [0.1, 0.15) is 83.1 Å². The van der Waals surface area contributed by atoms with Crippen LogP contribution in [0.4, 0.5) is 0 Å². The zero-order valence-electron chi connectivity index (χ0n) is 16.0. The molecule has 25 heavy (non-hydrogen) atoms. The van der Waals surface area contributed by atoms with Gasteiger partial charge in [0.2, 0.25) is 0 Å². The molecule has 0 unspecified atom stereocenters. The smallest absolute Gasteiger partial charge is 0.137 e. The number of rotatable bonds is 14. The molecule has 1 aromatic carbocycles. The predicted molar refractivity (Wildman–Crippen MR) is 112 cm³/mol. The van der Waals surface area contributed by atoms with Crippen LogP contribution in [0.25, 0.3) is 0 Å². The first-order valence-electron chi connectivity index (χ1n) is 9.89. The minimum absolute atomic E-state index is 0.277. The Kier molecular flexibility index (Phi) is 12.6. The normalized spacial score (nSPS) is 11.3. The topological polar surface area (TPSA) is 29.5 Å². The maximum absolute atomic E-state index is 9.75. The Morgan fingerprint density at radius 2 is 1.52 bits per heavy atom. The summed E-state index contributed by atoms with van der Waals surface area (Å²) in [6.07, 6.45) is 19.9. The highest BCUT2D eigenvalue weighted by molar-refractivity contribution is 9.10. The molecule has 0 amide bonds. The number of aromatic hydroxyl groups is 1. The molecular formula is C22H35BrO2. The van der Waals surface area contributed by atoms with Gasteiger partial charge in [0.1, 0.15) is 11.5 Å². The molecule has 0 atom stereocenters. The van der Waals surface area contributed by atoms with Gasteiger partial charge < -0.3 is 9.84 Å². The van der Waals surface area contributed by atoms with Crippen molar-refractivity contribution in [2.75, 3.05) is 7.11 Å². The number of methoxy groups -OCH3 is 1. The average molecular weight is 411 g/mol. The fourth-order valence-corrected chi connectivity index (χ4v) is 3.58. The van der Waals surface area contributed by atoms with E-state index in [0.29, 0.717) is 5.75 Å². The second-order valence-electron chi connectivity index (χ2n) is 6.75. The average Bonchev–Trinajstić information content (AvgIpc) is 2.61. The summed E-state index contributed by atoms with van der Waals surface area (Å²) in [6.45, 7) is 2.24. The van der Waals surface area contributed by atoms with E-state index in [1.807, 2.05) is 6.07 Å². The molecule has 0 radical (unpaired) electrons. The fourth-order valence-electron chi connectivity index (χ4n) is 2.99. The van der Waals surface area contributed by atoms with Gasteiger partial charge in [-0.25, -0.2) is 0 Å². The van der Waals surface area contributed by atoms with Crippen molar-refractivity contribution in [1.29, 1.82) is 0 Å². The molecule has 1 rings (SSSR count). The molecule has 0 heterocycles. The summed E-state index contributed by atoms with van der Waals surface area (Å²) in [5, 5.41) is 9.75. The summed E-state index contributed by atoms with van der Waals surface area (Å²) < 4.78 is 6.25. The minimum atomic E-state index is 0.277. The van der Waals surface area contributed by atoms with Crippen LogP contribution in [-0.4, -0.2) is 12.2 Å². The highest BCUT2D eigenvalue weighted by Gasteiger charge is 2.08. The Morgan fingerprint density at radius 1 is 0.920 bits per heavy atom. The van der Waals surface area contributed by atoms with Crippen LogP contribution in [0.3, 0.4) is 0 Å². The lowest BCUT2D eigenvalue weighted by Gasteiger charge is -2.10. The van der Waals surface area contributed by atoms with Crippen LogP contribution < -0.4 is 4.74 Å². The van der Waals surface area contributed by atoms with Crippen molar-refractivity contribution in [3.8, 4) is 11.5 Å². The first-order valence-corrected chi connectivity index (χ1v) is 10.7. The minimum Gasteiger partial charge on any atom is -0.508 e. The highest BCUT2D eigenvalue weighted by Crippen LogP contribution is 2.33. The zero-order chi connectivity index (χ0) is 18.3. The Hall–Kier alpha value is -0.960. The maximum Gasteiger partial charge on any atom is 0.137 e. The van der Waals surface area contributed by atoms with Crippen LogP contribution in [0, 0.1) is 0 Å². The molecule has 0 saturated carbocycles. The van der Waals surface area contributed by atoms with Crippen LogP contribution in [0.15, 0.2) is 28.8 Å². The van der Waals surface area contributed by atoms with Gasteiger partial charge >= 0.3 is 0 Å². The summed E-state index contributed by atoms with van der Waals surface area (Å²) in [6, 6.07) is 3.48. The summed E-state index contributed by atoms with van der Waals surface area (Å²) in [7, 11) is 1.63. The molecule has 2 nitrogen and oxygen atoms in total. The van der Waals surface area contributed by atoms with Crippen molar-refractivity contribution >= 4 is 15.9 Å². The quantitative estimate of drug-likeness (QED) is 0.253. The van der Waals surface area contributed by atoms with Crippen molar-refractivity contribution in [1.82, 2.24) is 0 Å². The SMILES string of the molecule is CCCC/C=C\CCCCCCCCCc1cc(O)cc(OC)c1Br. The third kappa shape index (κ3) is 9.94. The van der Waals surface area contributed by atoms with Crippen molar-refractivity contribution < 1.29 is 9.84 Å². The third-order valence-corrected chi connectivity index (χ3v) is 5.43. The van der Waals surface area contributed by atoms with E-state index >= 15 is 0 Å². The second kappa shape index (κ2) is 14.2. The van der Waals surface area contributed by atoms with Crippen molar-refractivity contribution in [3.05, 3.63) is 34.3 Å². The summed E-state index contributed by atoms with van der Waals surface area (Å²) in [5.74, 6) is 0.984. The number of phenolic OH excluding ortho intramolecular Hbond substituents is 1. The summed E-state index contributed by atoms with van der Waals surface area (Å²) >= 11 is 3.57. The number of ether oxygens (including phenoxy) is 1. The predicted octanol–water partition coefficient (Wildman–Crippen LogP) is 7.57. The molecule has 1 N–H and O–H groups in total. The summed E-state index contributed by atoms with van der Waals surface area (Å²) in [4.78, 5) is 0. The van der Waals surface area contributed by atoms with Crippen molar-refractivity contribution in [2.24, 2.45) is 0 Å². The van der Waals surface area contributed by atoms with Gasteiger partial charge in [-0.1, -0.05) is 64.0 Å². The van der Waals surface area contributed by atoms with E-state index in [-0.39, 0.29) is 5.75 Å². The van der Waals surface area contributed by atoms with Crippen LogP contribution in [0.5, 0.6) is 11.5 Å². The number of benzene rings is 1. The zero-order valence-corrected chi connectivity index (χ0v) is 17.6. The number of unbranched alkanes of at least 4 members (excludes halogenated alkanes) is 9. The van der Waals surface area contributed by atoms with E-state index < -0.39 is 0 Å². The van der Waals surface area contributed by atoms with Gasteiger partial charge in [0.15, 0.2) is 0 Å². The van der Waals surface area contributed by atoms with E-state index in [0.717, 1.165) is 22.9 Å². The summed E-state index contributed by atoms with van der Waals surface area (Å²) in [5.41, 5.74) is 1.13. The molecule has 0 spiro atoms. The monoisotopic (exact) mass is 410 g/mol. The third-order valence-electron chi connectivity index (χ3n) is 4.53. The fraction of sp³-hybridized carbons (Fsp3) is 0.636. The highest BCUT2D eigenvalue weighted by atomic mass is 79.9. The number of allylic oxidation sites excluding steroid dienone is 2. The molecular weight excluding hydrogens is 376 g/mol. The maximum atomic E-state index is 9.75. The molecule has 1 aromatic rings. The molecule has 142 valence electrons. The van der Waals surface area contributed by atoms with Crippen molar-refractivity contribution in [2.45, 2.75) is 84.0 Å². The Labute approximate surface area is 162 Å². The van der Waals surface area contributed by atoms with Gasteiger partial charge in [-0.2, -0.15) is 0 Å². The van der Waals surface area contributed by atoms with Crippen molar-refractivity contribution in [3.63, 3.8) is 0 Å². The number of hydrogen-bond donors (Lipinski definition) is 1. The molecule has 0 aromatic heterocycles. The number of phenols is 1. The van der Waals surface area contributed by atoms with Gasteiger partial charge in [-0.15, -0.1) is 0 Å². The molecule has 0 fully saturated rings. The molecule has 0 aliphatic carbocycles.